The van der Waals surface area contributed by atoms with Crippen molar-refractivity contribution in [1.29, 1.82) is 0 Å². The van der Waals surface area contributed by atoms with Crippen LogP contribution >= 0.6 is 0 Å². The highest BCUT2D eigenvalue weighted by Crippen LogP contribution is 2.32. The lowest BCUT2D eigenvalue weighted by molar-refractivity contribution is -0.143. The molecule has 2 saturated heterocycles. The normalized spacial score (nSPS) is 27.5. The number of amides is 1. The van der Waals surface area contributed by atoms with Crippen molar-refractivity contribution in [3.63, 3.8) is 0 Å². The molecule has 2 N–H and O–H groups in total. The highest BCUT2D eigenvalue weighted by Gasteiger charge is 2.37. The van der Waals surface area contributed by atoms with Gasteiger partial charge in [0.1, 0.15) is 6.61 Å². The van der Waals surface area contributed by atoms with Crippen molar-refractivity contribution >= 4 is 11.9 Å². The summed E-state index contributed by atoms with van der Waals surface area (Å²) in [6.07, 6.45) is 2.55. The topological polar surface area (TPSA) is 89.1 Å². The van der Waals surface area contributed by atoms with Gasteiger partial charge in [-0.15, -0.1) is 0 Å². The van der Waals surface area contributed by atoms with Crippen molar-refractivity contribution < 1.29 is 23.8 Å². The number of rotatable bonds is 4. The molecule has 0 aromatic heterocycles. The van der Waals surface area contributed by atoms with E-state index < -0.39 is 6.10 Å². The molecule has 152 valence electrons. The van der Waals surface area contributed by atoms with Crippen LogP contribution in [0.5, 0.6) is 11.5 Å². The zero-order chi connectivity index (χ0) is 19.5. The fourth-order valence-electron chi connectivity index (χ4n) is 4.25. The maximum absolute atomic E-state index is 12.8. The first-order chi connectivity index (χ1) is 13.6. The number of piperidine rings is 1. The Labute approximate surface area is 164 Å². The van der Waals surface area contributed by atoms with Gasteiger partial charge in [0.25, 0.3) is 5.91 Å². The van der Waals surface area contributed by atoms with Crippen molar-refractivity contribution in [1.82, 2.24) is 15.8 Å². The minimum atomic E-state index is -0.581. The maximum Gasteiger partial charge on any atom is 0.307 e. The number of carbonyl (C=O) groups excluding carboxylic acids is 2. The minimum Gasteiger partial charge on any atom is -0.485 e. The molecule has 28 heavy (non-hydrogen) atoms. The van der Waals surface area contributed by atoms with Gasteiger partial charge in [-0.3, -0.25) is 20.4 Å². The Morgan fingerprint density at radius 1 is 1.18 bits per heavy atom. The van der Waals surface area contributed by atoms with Gasteiger partial charge in [-0.2, -0.15) is 0 Å². The van der Waals surface area contributed by atoms with Crippen LogP contribution in [-0.2, 0) is 14.3 Å². The Bertz CT molecular complexity index is 720. The summed E-state index contributed by atoms with van der Waals surface area (Å²) in [5.41, 5.74) is 6.51. The number of nitrogens with one attached hydrogen (secondary N) is 2. The third-order valence-electron chi connectivity index (χ3n) is 5.86. The monoisotopic (exact) mass is 389 g/mol. The van der Waals surface area contributed by atoms with Crippen LogP contribution in [0.1, 0.15) is 25.7 Å². The number of para-hydroxylation sites is 2. The van der Waals surface area contributed by atoms with Gasteiger partial charge in [-0.1, -0.05) is 12.1 Å². The summed E-state index contributed by atoms with van der Waals surface area (Å²) >= 11 is 0. The van der Waals surface area contributed by atoms with E-state index in [1.165, 1.54) is 7.11 Å². The van der Waals surface area contributed by atoms with E-state index in [9.17, 15) is 9.59 Å². The van der Waals surface area contributed by atoms with Crippen molar-refractivity contribution in [3.05, 3.63) is 24.3 Å². The van der Waals surface area contributed by atoms with E-state index >= 15 is 0 Å². The number of hydrogen-bond donors (Lipinski definition) is 2. The third kappa shape index (κ3) is 4.07. The van der Waals surface area contributed by atoms with Gasteiger partial charge in [-0.25, -0.2) is 0 Å². The lowest BCUT2D eigenvalue weighted by Crippen LogP contribution is -2.50. The largest absolute Gasteiger partial charge is 0.485 e. The van der Waals surface area contributed by atoms with Gasteiger partial charge >= 0.3 is 5.97 Å². The smallest absolute Gasteiger partial charge is 0.307 e. The van der Waals surface area contributed by atoms with E-state index in [1.54, 1.807) is 0 Å². The Morgan fingerprint density at radius 2 is 1.93 bits per heavy atom. The summed E-state index contributed by atoms with van der Waals surface area (Å²) in [4.78, 5) is 26.2. The molecule has 8 nitrogen and oxygen atoms in total. The first-order valence-corrected chi connectivity index (χ1v) is 9.89. The van der Waals surface area contributed by atoms with Crippen LogP contribution in [0.15, 0.2) is 24.3 Å². The molecule has 2 fully saturated rings. The summed E-state index contributed by atoms with van der Waals surface area (Å²) in [6.45, 7) is 1.68. The first kappa shape index (κ1) is 19.0. The summed E-state index contributed by atoms with van der Waals surface area (Å²) < 4.78 is 16.3. The number of hydrazine groups is 1. The van der Waals surface area contributed by atoms with E-state index in [2.05, 4.69) is 10.9 Å². The SMILES string of the molecule is COC(=O)CC1CC(C2CCN(C(=O)C3COc4ccccc4O3)CC2)NN1. The van der Waals surface area contributed by atoms with Gasteiger partial charge < -0.3 is 19.1 Å². The molecular formula is C20H27N3O5. The average molecular weight is 389 g/mol. The Morgan fingerprint density at radius 3 is 2.68 bits per heavy atom. The number of ether oxygens (including phenoxy) is 3. The molecule has 1 aromatic rings. The fourth-order valence-corrected chi connectivity index (χ4v) is 4.25. The van der Waals surface area contributed by atoms with Crippen molar-refractivity contribution in [2.45, 2.75) is 43.9 Å². The second-order valence-electron chi connectivity index (χ2n) is 7.63. The summed E-state index contributed by atoms with van der Waals surface area (Å²) in [5.74, 6) is 1.58. The Balaban J connectivity index is 1.26. The number of nitrogens with zero attached hydrogens (tertiary/aromatic N) is 1. The molecule has 0 spiro atoms. The van der Waals surface area contributed by atoms with Crippen LogP contribution in [0.3, 0.4) is 0 Å². The van der Waals surface area contributed by atoms with Crippen LogP contribution in [0.25, 0.3) is 0 Å². The van der Waals surface area contributed by atoms with E-state index in [0.29, 0.717) is 43.0 Å². The number of fused-ring (bicyclic) bond motifs is 1. The van der Waals surface area contributed by atoms with Gasteiger partial charge in [0, 0.05) is 25.2 Å². The third-order valence-corrected chi connectivity index (χ3v) is 5.86. The first-order valence-electron chi connectivity index (χ1n) is 9.89. The van der Waals surface area contributed by atoms with Crippen LogP contribution in [0.2, 0.25) is 0 Å². The zero-order valence-corrected chi connectivity index (χ0v) is 16.1. The molecule has 3 aliphatic heterocycles. The van der Waals surface area contributed by atoms with Crippen LogP contribution < -0.4 is 20.3 Å². The molecule has 1 amide bonds. The second-order valence-corrected chi connectivity index (χ2v) is 7.63. The molecular weight excluding hydrogens is 362 g/mol. The second kappa shape index (κ2) is 8.36. The van der Waals surface area contributed by atoms with Crippen LogP contribution in [0, 0.1) is 5.92 Å². The maximum atomic E-state index is 12.8. The van der Waals surface area contributed by atoms with Gasteiger partial charge in [-0.05, 0) is 37.3 Å². The van der Waals surface area contributed by atoms with Crippen LogP contribution in [-0.4, -0.2) is 61.8 Å². The number of methoxy groups -OCH3 is 1. The van der Waals surface area contributed by atoms with E-state index in [-0.39, 0.29) is 24.5 Å². The minimum absolute atomic E-state index is 0.00553. The quantitative estimate of drug-likeness (QED) is 0.739. The van der Waals surface area contributed by atoms with Gasteiger partial charge in [0.05, 0.1) is 13.5 Å². The highest BCUT2D eigenvalue weighted by atomic mass is 16.6. The van der Waals surface area contributed by atoms with Gasteiger partial charge in [0.15, 0.2) is 11.5 Å². The summed E-state index contributed by atoms with van der Waals surface area (Å²) in [5, 5.41) is 0. The fraction of sp³-hybridized carbons (Fsp3) is 0.600. The zero-order valence-electron chi connectivity index (χ0n) is 16.1. The number of carbonyl (C=O) groups is 2. The molecule has 0 saturated carbocycles. The highest BCUT2D eigenvalue weighted by molar-refractivity contribution is 5.82. The molecule has 3 atom stereocenters. The van der Waals surface area contributed by atoms with Crippen molar-refractivity contribution in [2.75, 3.05) is 26.8 Å². The molecule has 8 heteroatoms. The average Bonchev–Trinajstić information content (AvgIpc) is 3.21. The summed E-state index contributed by atoms with van der Waals surface area (Å²) in [7, 11) is 1.41. The predicted molar refractivity (Wildman–Crippen MR) is 101 cm³/mol. The molecule has 0 bridgehead atoms. The number of benzene rings is 1. The van der Waals surface area contributed by atoms with E-state index in [4.69, 9.17) is 14.2 Å². The number of hydrogen-bond acceptors (Lipinski definition) is 7. The van der Waals surface area contributed by atoms with Crippen molar-refractivity contribution in [2.24, 2.45) is 5.92 Å². The molecule has 1 aromatic carbocycles. The Hall–Kier alpha value is -2.32. The standard InChI is InChI=1S/C20H27N3O5/c1-26-19(24)11-14-10-15(22-21-14)13-6-8-23(9-7-13)20(25)18-12-27-16-4-2-3-5-17(16)28-18/h2-5,13-15,18,21-22H,6-12H2,1H3. The Kier molecular flexibility index (Phi) is 5.68. The predicted octanol–water partition coefficient (Wildman–Crippen LogP) is 0.863. The lowest BCUT2D eigenvalue weighted by Gasteiger charge is -2.37. The molecule has 3 unspecified atom stereocenters. The number of esters is 1. The van der Waals surface area contributed by atoms with E-state index in [0.717, 1.165) is 19.3 Å². The van der Waals surface area contributed by atoms with E-state index in [1.807, 2.05) is 29.2 Å². The van der Waals surface area contributed by atoms with Gasteiger partial charge in [0.2, 0.25) is 6.10 Å². The molecule has 3 aliphatic rings. The van der Waals surface area contributed by atoms with Crippen LogP contribution in [0.4, 0.5) is 0 Å². The molecule has 3 heterocycles. The number of likely N-dealkylation sites (tertiary alicyclic amines) is 1. The summed E-state index contributed by atoms with van der Waals surface area (Å²) in [6, 6.07) is 7.84. The van der Waals surface area contributed by atoms with Crippen molar-refractivity contribution in [3.8, 4) is 11.5 Å². The molecule has 0 aliphatic carbocycles. The lowest BCUT2D eigenvalue weighted by atomic mass is 9.87. The molecule has 4 rings (SSSR count). The molecule has 0 radical (unpaired) electrons.